The molecular weight excluding hydrogens is 442 g/mol. The fourth-order valence-electron chi connectivity index (χ4n) is 3.08. The molecule has 0 radical (unpaired) electrons. The van der Waals surface area contributed by atoms with Crippen LogP contribution in [0.2, 0.25) is 5.02 Å². The van der Waals surface area contributed by atoms with Gasteiger partial charge in [-0.05, 0) is 42.8 Å². The zero-order valence-electron chi connectivity index (χ0n) is 19.0. The Balaban J connectivity index is 1.90. The second-order valence-electron chi connectivity index (χ2n) is 7.14. The van der Waals surface area contributed by atoms with Crippen LogP contribution >= 0.6 is 11.6 Å². The van der Waals surface area contributed by atoms with Crippen LogP contribution in [-0.2, 0) is 11.3 Å². The normalized spacial score (nSPS) is 10.5. The van der Waals surface area contributed by atoms with Gasteiger partial charge in [-0.3, -0.25) is 0 Å². The Morgan fingerprint density at radius 3 is 2.58 bits per heavy atom. The number of halogens is 1. The van der Waals surface area contributed by atoms with Crippen molar-refractivity contribution >= 4 is 35.1 Å². The summed E-state index contributed by atoms with van der Waals surface area (Å²) in [7, 11) is 3.51. The maximum Gasteiger partial charge on any atom is 0.327 e. The van der Waals surface area contributed by atoms with Crippen LogP contribution < -0.4 is 19.9 Å². The molecule has 3 rings (SSSR count). The molecule has 0 bridgehead atoms. The summed E-state index contributed by atoms with van der Waals surface area (Å²) in [6, 6.07) is 16.0. The number of benzene rings is 2. The number of methoxy groups -OCH3 is 1. The standard InChI is InChI=1S/C24H28ClN5O3/c1-4-33-20-11-9-19(10-12-20)30(24(31)27-17-18-7-5-6-8-21(18)25)22-13-14-26-23(28-22)29(2)15-16-32-3/h5-14H,4,15-17H2,1-3H3,(H,27,31). The number of ether oxygens (including phenoxy) is 2. The lowest BCUT2D eigenvalue weighted by atomic mass is 10.2. The number of hydrogen-bond acceptors (Lipinski definition) is 6. The summed E-state index contributed by atoms with van der Waals surface area (Å²) in [6.07, 6.45) is 1.63. The van der Waals surface area contributed by atoms with Crippen LogP contribution in [0.3, 0.4) is 0 Å². The van der Waals surface area contributed by atoms with E-state index in [0.717, 1.165) is 11.3 Å². The first-order valence-electron chi connectivity index (χ1n) is 10.6. The molecule has 1 aromatic heterocycles. The first-order valence-corrected chi connectivity index (χ1v) is 11.0. The van der Waals surface area contributed by atoms with Crippen molar-refractivity contribution in [3.63, 3.8) is 0 Å². The number of amides is 2. The van der Waals surface area contributed by atoms with Gasteiger partial charge in [-0.25, -0.2) is 14.7 Å². The van der Waals surface area contributed by atoms with E-state index >= 15 is 0 Å². The molecule has 0 unspecified atom stereocenters. The molecule has 0 aliphatic carbocycles. The first kappa shape index (κ1) is 24.3. The van der Waals surface area contributed by atoms with E-state index in [-0.39, 0.29) is 12.6 Å². The Morgan fingerprint density at radius 1 is 1.12 bits per heavy atom. The molecule has 1 N–H and O–H groups in total. The summed E-state index contributed by atoms with van der Waals surface area (Å²) < 4.78 is 10.7. The van der Waals surface area contributed by atoms with Crippen LogP contribution in [0, 0.1) is 0 Å². The van der Waals surface area contributed by atoms with Gasteiger partial charge in [0.05, 0.1) is 18.9 Å². The molecule has 0 saturated carbocycles. The molecule has 8 nitrogen and oxygen atoms in total. The third-order valence-electron chi connectivity index (χ3n) is 4.83. The molecule has 0 aliphatic rings. The van der Waals surface area contributed by atoms with Crippen molar-refractivity contribution in [2.45, 2.75) is 13.5 Å². The minimum Gasteiger partial charge on any atom is -0.494 e. The van der Waals surface area contributed by atoms with Crippen LogP contribution in [0.15, 0.2) is 60.8 Å². The van der Waals surface area contributed by atoms with Gasteiger partial charge >= 0.3 is 6.03 Å². The van der Waals surface area contributed by atoms with Crippen LogP contribution in [-0.4, -0.2) is 49.9 Å². The monoisotopic (exact) mass is 469 g/mol. The van der Waals surface area contributed by atoms with Gasteiger partial charge in [0, 0.05) is 44.5 Å². The Morgan fingerprint density at radius 2 is 1.88 bits per heavy atom. The number of likely N-dealkylation sites (N-methyl/N-ethyl adjacent to an activating group) is 1. The lowest BCUT2D eigenvalue weighted by Crippen LogP contribution is -2.37. The highest BCUT2D eigenvalue weighted by Crippen LogP contribution is 2.27. The van der Waals surface area contributed by atoms with E-state index in [1.165, 1.54) is 4.90 Å². The highest BCUT2D eigenvalue weighted by Gasteiger charge is 2.21. The van der Waals surface area contributed by atoms with Gasteiger partial charge in [-0.15, -0.1) is 0 Å². The zero-order valence-corrected chi connectivity index (χ0v) is 19.7. The average molecular weight is 470 g/mol. The van der Waals surface area contributed by atoms with E-state index in [9.17, 15) is 4.79 Å². The summed E-state index contributed by atoms with van der Waals surface area (Å²) in [5, 5.41) is 3.53. The Labute approximate surface area is 199 Å². The minimum atomic E-state index is -0.344. The number of nitrogens with one attached hydrogen (secondary N) is 1. The van der Waals surface area contributed by atoms with E-state index < -0.39 is 0 Å². The number of nitrogens with zero attached hydrogens (tertiary/aromatic N) is 4. The smallest absolute Gasteiger partial charge is 0.327 e. The molecule has 0 saturated heterocycles. The Kier molecular flexibility index (Phi) is 8.86. The molecule has 2 aromatic carbocycles. The molecule has 0 aliphatic heterocycles. The number of aromatic nitrogens is 2. The van der Waals surface area contributed by atoms with E-state index in [1.807, 2.05) is 61.3 Å². The lowest BCUT2D eigenvalue weighted by Gasteiger charge is -2.24. The molecule has 1 heterocycles. The minimum absolute atomic E-state index is 0.276. The van der Waals surface area contributed by atoms with Gasteiger partial charge in [-0.2, -0.15) is 4.98 Å². The van der Waals surface area contributed by atoms with Gasteiger partial charge in [0.1, 0.15) is 11.6 Å². The molecule has 0 atom stereocenters. The summed E-state index contributed by atoms with van der Waals surface area (Å²) in [5.41, 5.74) is 1.46. The van der Waals surface area contributed by atoms with Gasteiger partial charge in [-0.1, -0.05) is 29.8 Å². The number of anilines is 3. The van der Waals surface area contributed by atoms with Crippen LogP contribution in [0.1, 0.15) is 12.5 Å². The number of carbonyl (C=O) groups is 1. The fraction of sp³-hybridized carbons (Fsp3) is 0.292. The zero-order chi connectivity index (χ0) is 23.6. The van der Waals surface area contributed by atoms with Crippen molar-refractivity contribution in [1.29, 1.82) is 0 Å². The number of urea groups is 1. The molecule has 0 fully saturated rings. The predicted molar refractivity (Wildman–Crippen MR) is 131 cm³/mol. The highest BCUT2D eigenvalue weighted by molar-refractivity contribution is 6.31. The van der Waals surface area contributed by atoms with Crippen molar-refractivity contribution in [2.24, 2.45) is 0 Å². The number of rotatable bonds is 10. The van der Waals surface area contributed by atoms with E-state index in [2.05, 4.69) is 15.3 Å². The third-order valence-corrected chi connectivity index (χ3v) is 5.20. The number of hydrogen-bond donors (Lipinski definition) is 1. The quantitative estimate of drug-likeness (QED) is 0.465. The first-order chi connectivity index (χ1) is 16.0. The summed E-state index contributed by atoms with van der Waals surface area (Å²) in [5.74, 6) is 1.64. The summed E-state index contributed by atoms with van der Waals surface area (Å²) in [6.45, 7) is 3.90. The van der Waals surface area contributed by atoms with Crippen LogP contribution in [0.5, 0.6) is 5.75 Å². The topological polar surface area (TPSA) is 79.8 Å². The van der Waals surface area contributed by atoms with E-state index in [0.29, 0.717) is 42.2 Å². The fourth-order valence-corrected chi connectivity index (χ4v) is 3.28. The molecule has 9 heteroatoms. The van der Waals surface area contributed by atoms with Crippen LogP contribution in [0.25, 0.3) is 0 Å². The van der Waals surface area contributed by atoms with Crippen molar-refractivity contribution in [3.05, 3.63) is 71.4 Å². The maximum atomic E-state index is 13.3. The molecule has 2 amide bonds. The Hall–Kier alpha value is -3.36. The van der Waals surface area contributed by atoms with Gasteiger partial charge < -0.3 is 19.7 Å². The SMILES string of the molecule is CCOc1ccc(N(C(=O)NCc2ccccc2Cl)c2ccnc(N(C)CCOC)n2)cc1. The predicted octanol–water partition coefficient (Wildman–Crippen LogP) is 4.66. The van der Waals surface area contributed by atoms with Crippen molar-refractivity contribution in [2.75, 3.05) is 43.7 Å². The van der Waals surface area contributed by atoms with E-state index in [4.69, 9.17) is 21.1 Å². The van der Waals surface area contributed by atoms with E-state index in [1.54, 1.807) is 25.4 Å². The highest BCUT2D eigenvalue weighted by atomic mass is 35.5. The van der Waals surface area contributed by atoms with Crippen molar-refractivity contribution < 1.29 is 14.3 Å². The second kappa shape index (κ2) is 12.0. The molecule has 33 heavy (non-hydrogen) atoms. The summed E-state index contributed by atoms with van der Waals surface area (Å²) >= 11 is 6.25. The maximum absolute atomic E-state index is 13.3. The third kappa shape index (κ3) is 6.57. The van der Waals surface area contributed by atoms with Crippen molar-refractivity contribution in [1.82, 2.24) is 15.3 Å². The average Bonchev–Trinajstić information content (AvgIpc) is 2.83. The molecule has 3 aromatic rings. The Bertz CT molecular complexity index is 1050. The van der Waals surface area contributed by atoms with Gasteiger partial charge in [0.25, 0.3) is 0 Å². The van der Waals surface area contributed by atoms with Gasteiger partial charge in [0.2, 0.25) is 5.95 Å². The molecule has 174 valence electrons. The van der Waals surface area contributed by atoms with Crippen LogP contribution in [0.4, 0.5) is 22.2 Å². The van der Waals surface area contributed by atoms with Crippen molar-refractivity contribution in [3.8, 4) is 5.75 Å². The number of carbonyl (C=O) groups excluding carboxylic acids is 1. The molecule has 0 spiro atoms. The van der Waals surface area contributed by atoms with Gasteiger partial charge in [0.15, 0.2) is 0 Å². The lowest BCUT2D eigenvalue weighted by molar-refractivity contribution is 0.206. The largest absolute Gasteiger partial charge is 0.494 e. The summed E-state index contributed by atoms with van der Waals surface area (Å²) in [4.78, 5) is 25.7. The molecular formula is C24H28ClN5O3. The second-order valence-corrected chi connectivity index (χ2v) is 7.55.